The Morgan fingerprint density at radius 2 is 1.70 bits per heavy atom. The molecule has 0 saturated heterocycles. The van der Waals surface area contributed by atoms with Gasteiger partial charge in [-0.3, -0.25) is 0 Å². The van der Waals surface area contributed by atoms with Crippen molar-refractivity contribution < 1.29 is 14.2 Å². The Labute approximate surface area is 136 Å². The second kappa shape index (κ2) is 6.24. The van der Waals surface area contributed by atoms with Crippen LogP contribution in [-0.2, 0) is 0 Å². The van der Waals surface area contributed by atoms with Crippen molar-refractivity contribution in [3.05, 3.63) is 42.5 Å². The van der Waals surface area contributed by atoms with Crippen molar-refractivity contribution in [3.8, 4) is 28.5 Å². The van der Waals surface area contributed by atoms with Crippen LogP contribution in [0.1, 0.15) is 13.8 Å². The molecule has 0 unspecified atom stereocenters. The van der Waals surface area contributed by atoms with Crippen LogP contribution < -0.4 is 14.2 Å². The Balaban J connectivity index is 2.03. The molecule has 4 nitrogen and oxygen atoms in total. The van der Waals surface area contributed by atoms with Crippen LogP contribution in [0.3, 0.4) is 0 Å². The first-order valence-electron chi connectivity index (χ1n) is 7.62. The maximum atomic E-state index is 5.85. The van der Waals surface area contributed by atoms with Crippen LogP contribution >= 0.6 is 0 Å². The third-order valence-corrected chi connectivity index (χ3v) is 3.67. The zero-order chi connectivity index (χ0) is 16.4. The van der Waals surface area contributed by atoms with E-state index in [-0.39, 0.29) is 6.10 Å². The number of ether oxygens (including phenoxy) is 3. The van der Waals surface area contributed by atoms with Crippen molar-refractivity contribution in [2.75, 3.05) is 14.2 Å². The van der Waals surface area contributed by atoms with Crippen molar-refractivity contribution in [1.82, 2.24) is 4.98 Å². The predicted octanol–water partition coefficient (Wildman–Crippen LogP) is 4.64. The second-order valence-corrected chi connectivity index (χ2v) is 5.67. The summed E-state index contributed by atoms with van der Waals surface area (Å²) in [6.45, 7) is 4.00. The zero-order valence-corrected chi connectivity index (χ0v) is 13.8. The molecule has 3 rings (SSSR count). The van der Waals surface area contributed by atoms with Crippen LogP contribution in [0, 0.1) is 0 Å². The zero-order valence-electron chi connectivity index (χ0n) is 13.8. The number of hydrogen-bond acceptors (Lipinski definition) is 3. The summed E-state index contributed by atoms with van der Waals surface area (Å²) in [6, 6.07) is 14.1. The van der Waals surface area contributed by atoms with Gasteiger partial charge in [-0.05, 0) is 50.2 Å². The standard InChI is InChI=1S/C19H21NO3/c1-12(2)23-19-10-14(6-8-18(19)22-4)16-9-13-5-7-15(21-3)11-17(13)20-16/h5-12,20H,1-4H3. The minimum absolute atomic E-state index is 0.0890. The van der Waals surface area contributed by atoms with E-state index in [0.717, 1.165) is 39.4 Å². The number of aromatic amines is 1. The van der Waals surface area contributed by atoms with E-state index >= 15 is 0 Å². The average Bonchev–Trinajstić information content (AvgIpc) is 2.97. The van der Waals surface area contributed by atoms with E-state index in [0.29, 0.717) is 0 Å². The van der Waals surface area contributed by atoms with Gasteiger partial charge in [-0.1, -0.05) is 0 Å². The van der Waals surface area contributed by atoms with E-state index in [1.165, 1.54) is 0 Å². The molecular weight excluding hydrogens is 290 g/mol. The number of H-pyrrole nitrogens is 1. The number of fused-ring (bicyclic) bond motifs is 1. The summed E-state index contributed by atoms with van der Waals surface area (Å²) in [5, 5.41) is 1.14. The Morgan fingerprint density at radius 3 is 2.39 bits per heavy atom. The van der Waals surface area contributed by atoms with Crippen LogP contribution in [0.2, 0.25) is 0 Å². The molecule has 0 aliphatic carbocycles. The summed E-state index contributed by atoms with van der Waals surface area (Å²) in [6.07, 6.45) is 0.0890. The number of benzene rings is 2. The third kappa shape index (κ3) is 3.11. The third-order valence-electron chi connectivity index (χ3n) is 3.67. The number of hydrogen-bond donors (Lipinski definition) is 1. The molecule has 120 valence electrons. The topological polar surface area (TPSA) is 43.5 Å². The lowest BCUT2D eigenvalue weighted by Crippen LogP contribution is -2.06. The minimum atomic E-state index is 0.0890. The summed E-state index contributed by atoms with van der Waals surface area (Å²) in [5.74, 6) is 2.32. The fraction of sp³-hybridized carbons (Fsp3) is 0.263. The van der Waals surface area contributed by atoms with E-state index in [2.05, 4.69) is 11.1 Å². The SMILES string of the molecule is COc1ccc2cc(-c3ccc(OC)c(OC(C)C)c3)[nH]c2c1. The van der Waals surface area contributed by atoms with Gasteiger partial charge in [0.25, 0.3) is 0 Å². The van der Waals surface area contributed by atoms with Gasteiger partial charge in [-0.15, -0.1) is 0 Å². The molecule has 0 atom stereocenters. The Bertz CT molecular complexity index is 821. The van der Waals surface area contributed by atoms with Gasteiger partial charge in [0.1, 0.15) is 5.75 Å². The molecule has 1 N–H and O–H groups in total. The second-order valence-electron chi connectivity index (χ2n) is 5.67. The first kappa shape index (κ1) is 15.3. The van der Waals surface area contributed by atoms with Crippen LogP contribution in [-0.4, -0.2) is 25.3 Å². The molecule has 2 aromatic carbocycles. The monoisotopic (exact) mass is 311 g/mol. The molecule has 0 aliphatic heterocycles. The lowest BCUT2D eigenvalue weighted by molar-refractivity contribution is 0.230. The average molecular weight is 311 g/mol. The summed E-state index contributed by atoms with van der Waals surface area (Å²) >= 11 is 0. The molecule has 0 radical (unpaired) electrons. The van der Waals surface area contributed by atoms with Crippen LogP contribution in [0.15, 0.2) is 42.5 Å². The van der Waals surface area contributed by atoms with E-state index in [1.807, 2.05) is 50.2 Å². The molecule has 1 heterocycles. The molecule has 1 aromatic heterocycles. The van der Waals surface area contributed by atoms with Gasteiger partial charge in [-0.25, -0.2) is 0 Å². The van der Waals surface area contributed by atoms with Gasteiger partial charge in [-0.2, -0.15) is 0 Å². The van der Waals surface area contributed by atoms with E-state index in [1.54, 1.807) is 14.2 Å². The molecular formula is C19H21NO3. The Kier molecular flexibility index (Phi) is 4.15. The molecule has 0 bridgehead atoms. The van der Waals surface area contributed by atoms with E-state index < -0.39 is 0 Å². The fourth-order valence-electron chi connectivity index (χ4n) is 2.58. The highest BCUT2D eigenvalue weighted by atomic mass is 16.5. The summed E-state index contributed by atoms with van der Waals surface area (Å²) in [4.78, 5) is 3.43. The predicted molar refractivity (Wildman–Crippen MR) is 92.6 cm³/mol. The van der Waals surface area contributed by atoms with Gasteiger partial charge in [0, 0.05) is 28.2 Å². The molecule has 0 aliphatic rings. The maximum absolute atomic E-state index is 5.85. The molecule has 4 heteroatoms. The van der Waals surface area contributed by atoms with Gasteiger partial charge < -0.3 is 19.2 Å². The van der Waals surface area contributed by atoms with Gasteiger partial charge in [0.15, 0.2) is 11.5 Å². The van der Waals surface area contributed by atoms with Gasteiger partial charge in [0.2, 0.25) is 0 Å². The Morgan fingerprint density at radius 1 is 0.870 bits per heavy atom. The first-order valence-corrected chi connectivity index (χ1v) is 7.62. The molecule has 0 amide bonds. The van der Waals surface area contributed by atoms with Crippen molar-refractivity contribution in [2.45, 2.75) is 20.0 Å². The Hall–Kier alpha value is -2.62. The van der Waals surface area contributed by atoms with Crippen molar-refractivity contribution in [3.63, 3.8) is 0 Å². The van der Waals surface area contributed by atoms with E-state index in [9.17, 15) is 0 Å². The number of nitrogens with one attached hydrogen (secondary N) is 1. The normalized spacial score (nSPS) is 11.0. The number of methoxy groups -OCH3 is 2. The number of aromatic nitrogens is 1. The fourth-order valence-corrected chi connectivity index (χ4v) is 2.58. The van der Waals surface area contributed by atoms with Crippen LogP contribution in [0.4, 0.5) is 0 Å². The first-order chi connectivity index (χ1) is 11.1. The van der Waals surface area contributed by atoms with Crippen molar-refractivity contribution in [2.24, 2.45) is 0 Å². The molecule has 0 fully saturated rings. The van der Waals surface area contributed by atoms with Crippen LogP contribution in [0.25, 0.3) is 22.2 Å². The highest BCUT2D eigenvalue weighted by molar-refractivity contribution is 5.87. The lowest BCUT2D eigenvalue weighted by Gasteiger charge is -2.14. The van der Waals surface area contributed by atoms with Gasteiger partial charge in [0.05, 0.1) is 20.3 Å². The molecule has 23 heavy (non-hydrogen) atoms. The molecule has 3 aromatic rings. The van der Waals surface area contributed by atoms with Crippen LogP contribution in [0.5, 0.6) is 17.2 Å². The highest BCUT2D eigenvalue weighted by Crippen LogP contribution is 2.34. The smallest absolute Gasteiger partial charge is 0.162 e. The maximum Gasteiger partial charge on any atom is 0.162 e. The molecule has 0 saturated carbocycles. The van der Waals surface area contributed by atoms with Gasteiger partial charge >= 0.3 is 0 Å². The minimum Gasteiger partial charge on any atom is -0.497 e. The van der Waals surface area contributed by atoms with Crippen molar-refractivity contribution in [1.29, 1.82) is 0 Å². The van der Waals surface area contributed by atoms with E-state index in [4.69, 9.17) is 14.2 Å². The number of rotatable bonds is 5. The summed E-state index contributed by atoms with van der Waals surface area (Å²) in [5.41, 5.74) is 3.13. The quantitative estimate of drug-likeness (QED) is 0.746. The van der Waals surface area contributed by atoms with Crippen molar-refractivity contribution >= 4 is 10.9 Å². The highest BCUT2D eigenvalue weighted by Gasteiger charge is 2.11. The lowest BCUT2D eigenvalue weighted by atomic mass is 10.1. The largest absolute Gasteiger partial charge is 0.497 e. The summed E-state index contributed by atoms with van der Waals surface area (Å²) in [7, 11) is 3.32. The molecule has 0 spiro atoms. The summed E-state index contributed by atoms with van der Waals surface area (Å²) < 4.78 is 16.5.